The molecule has 21 heavy (non-hydrogen) atoms. The van der Waals surface area contributed by atoms with Gasteiger partial charge in [-0.2, -0.15) is 0 Å². The maximum Gasteiger partial charge on any atom is 0.133 e. The lowest BCUT2D eigenvalue weighted by Gasteiger charge is -2.33. The van der Waals surface area contributed by atoms with Crippen LogP contribution in [0.15, 0.2) is 22.7 Å². The SMILES string of the molecule is COc1ccc(C(C)NCC(C)N2CCCCC2)cc1Br. The summed E-state index contributed by atoms with van der Waals surface area (Å²) in [6.45, 7) is 8.09. The van der Waals surface area contributed by atoms with E-state index in [1.807, 2.05) is 6.07 Å². The number of nitrogens with zero attached hydrogens (tertiary/aromatic N) is 1. The Kier molecular flexibility index (Phi) is 6.52. The quantitative estimate of drug-likeness (QED) is 0.835. The molecule has 1 aliphatic heterocycles. The highest BCUT2D eigenvalue weighted by atomic mass is 79.9. The van der Waals surface area contributed by atoms with Gasteiger partial charge < -0.3 is 10.1 Å². The summed E-state index contributed by atoms with van der Waals surface area (Å²) >= 11 is 3.56. The number of benzene rings is 1. The van der Waals surface area contributed by atoms with E-state index in [1.54, 1.807) is 7.11 Å². The molecule has 118 valence electrons. The lowest BCUT2D eigenvalue weighted by Crippen LogP contribution is -2.43. The van der Waals surface area contributed by atoms with Crippen molar-refractivity contribution in [3.63, 3.8) is 0 Å². The van der Waals surface area contributed by atoms with Crippen LogP contribution in [0.25, 0.3) is 0 Å². The summed E-state index contributed by atoms with van der Waals surface area (Å²) in [5.41, 5.74) is 1.29. The summed E-state index contributed by atoms with van der Waals surface area (Å²) < 4.78 is 6.30. The maximum absolute atomic E-state index is 5.28. The summed E-state index contributed by atoms with van der Waals surface area (Å²) in [4.78, 5) is 2.60. The first kappa shape index (κ1) is 16.8. The number of rotatable bonds is 6. The number of hydrogen-bond acceptors (Lipinski definition) is 3. The van der Waals surface area contributed by atoms with Crippen LogP contribution in [-0.4, -0.2) is 37.7 Å². The fourth-order valence-electron chi connectivity index (χ4n) is 2.91. The smallest absolute Gasteiger partial charge is 0.133 e. The molecule has 0 saturated carbocycles. The molecule has 3 nitrogen and oxygen atoms in total. The third kappa shape index (κ3) is 4.70. The van der Waals surface area contributed by atoms with E-state index in [2.05, 4.69) is 52.1 Å². The van der Waals surface area contributed by atoms with Crippen LogP contribution in [0.4, 0.5) is 0 Å². The minimum Gasteiger partial charge on any atom is -0.496 e. The van der Waals surface area contributed by atoms with E-state index in [9.17, 15) is 0 Å². The predicted octanol–water partition coefficient (Wildman–Crippen LogP) is 3.98. The second kappa shape index (κ2) is 8.16. The second-order valence-corrected chi connectivity index (χ2v) is 6.82. The Hall–Kier alpha value is -0.580. The van der Waals surface area contributed by atoms with E-state index in [1.165, 1.54) is 37.9 Å². The van der Waals surface area contributed by atoms with Gasteiger partial charge in [0.2, 0.25) is 0 Å². The lowest BCUT2D eigenvalue weighted by atomic mass is 10.1. The van der Waals surface area contributed by atoms with Gasteiger partial charge >= 0.3 is 0 Å². The van der Waals surface area contributed by atoms with Crippen LogP contribution in [-0.2, 0) is 0 Å². The Morgan fingerprint density at radius 1 is 1.24 bits per heavy atom. The molecule has 1 N–H and O–H groups in total. The first-order valence-corrected chi connectivity index (χ1v) is 8.72. The molecule has 1 aromatic rings. The van der Waals surface area contributed by atoms with Crippen molar-refractivity contribution in [2.75, 3.05) is 26.7 Å². The molecule has 0 bridgehead atoms. The molecule has 1 aromatic carbocycles. The summed E-state index contributed by atoms with van der Waals surface area (Å²) in [7, 11) is 1.70. The van der Waals surface area contributed by atoms with Crippen molar-refractivity contribution < 1.29 is 4.74 Å². The minimum atomic E-state index is 0.347. The fourth-order valence-corrected chi connectivity index (χ4v) is 3.46. The third-order valence-corrected chi connectivity index (χ3v) is 5.03. The van der Waals surface area contributed by atoms with Crippen molar-refractivity contribution in [3.05, 3.63) is 28.2 Å². The number of nitrogens with one attached hydrogen (secondary N) is 1. The molecule has 1 fully saturated rings. The van der Waals surface area contributed by atoms with Crippen LogP contribution in [0, 0.1) is 0 Å². The zero-order valence-corrected chi connectivity index (χ0v) is 14.9. The van der Waals surface area contributed by atoms with Gasteiger partial charge in [-0.3, -0.25) is 4.90 Å². The largest absolute Gasteiger partial charge is 0.496 e. The van der Waals surface area contributed by atoms with Gasteiger partial charge in [0.25, 0.3) is 0 Å². The number of halogens is 1. The van der Waals surface area contributed by atoms with Gasteiger partial charge in [-0.1, -0.05) is 12.5 Å². The second-order valence-electron chi connectivity index (χ2n) is 5.97. The van der Waals surface area contributed by atoms with E-state index in [-0.39, 0.29) is 0 Å². The molecular formula is C17H27BrN2O. The monoisotopic (exact) mass is 354 g/mol. The van der Waals surface area contributed by atoms with Crippen molar-refractivity contribution >= 4 is 15.9 Å². The number of ether oxygens (including phenoxy) is 1. The Labute approximate surface area is 137 Å². The molecule has 0 spiro atoms. The average molecular weight is 355 g/mol. The third-order valence-electron chi connectivity index (χ3n) is 4.41. The Balaban J connectivity index is 1.86. The molecule has 0 amide bonds. The molecule has 0 aromatic heterocycles. The summed E-state index contributed by atoms with van der Waals surface area (Å²) in [5.74, 6) is 0.882. The van der Waals surface area contributed by atoms with Gasteiger partial charge in [0, 0.05) is 18.6 Å². The van der Waals surface area contributed by atoms with E-state index in [0.717, 1.165) is 16.8 Å². The first-order chi connectivity index (χ1) is 10.1. The zero-order chi connectivity index (χ0) is 15.2. The van der Waals surface area contributed by atoms with Gasteiger partial charge in [0.1, 0.15) is 5.75 Å². The van der Waals surface area contributed by atoms with Crippen molar-refractivity contribution in [2.45, 2.75) is 45.2 Å². The highest BCUT2D eigenvalue weighted by molar-refractivity contribution is 9.10. The number of hydrogen-bond donors (Lipinski definition) is 1. The topological polar surface area (TPSA) is 24.5 Å². The lowest BCUT2D eigenvalue weighted by molar-refractivity contribution is 0.168. The highest BCUT2D eigenvalue weighted by Gasteiger charge is 2.17. The van der Waals surface area contributed by atoms with Crippen LogP contribution >= 0.6 is 15.9 Å². The molecule has 1 aliphatic rings. The fraction of sp³-hybridized carbons (Fsp3) is 0.647. The molecular weight excluding hydrogens is 328 g/mol. The van der Waals surface area contributed by atoms with Crippen LogP contribution < -0.4 is 10.1 Å². The highest BCUT2D eigenvalue weighted by Crippen LogP contribution is 2.28. The van der Waals surface area contributed by atoms with Gasteiger partial charge in [-0.25, -0.2) is 0 Å². The Morgan fingerprint density at radius 2 is 1.95 bits per heavy atom. The van der Waals surface area contributed by atoms with E-state index < -0.39 is 0 Å². The molecule has 0 aliphatic carbocycles. The van der Waals surface area contributed by atoms with Gasteiger partial charge in [-0.05, 0) is 73.4 Å². The Morgan fingerprint density at radius 3 is 2.57 bits per heavy atom. The van der Waals surface area contributed by atoms with E-state index in [4.69, 9.17) is 4.74 Å². The molecule has 2 unspecified atom stereocenters. The Bertz CT molecular complexity index is 446. The van der Waals surface area contributed by atoms with E-state index in [0.29, 0.717) is 12.1 Å². The van der Waals surface area contributed by atoms with Gasteiger partial charge in [-0.15, -0.1) is 0 Å². The first-order valence-electron chi connectivity index (χ1n) is 7.92. The average Bonchev–Trinajstić information content (AvgIpc) is 2.53. The molecule has 1 saturated heterocycles. The van der Waals surface area contributed by atoms with Gasteiger partial charge in [0.05, 0.1) is 11.6 Å². The summed E-state index contributed by atoms with van der Waals surface area (Å²) in [6.07, 6.45) is 4.10. The molecule has 0 radical (unpaired) electrons. The van der Waals surface area contributed by atoms with Crippen LogP contribution in [0.5, 0.6) is 5.75 Å². The number of likely N-dealkylation sites (tertiary alicyclic amines) is 1. The normalized spacial score (nSPS) is 19.2. The molecule has 1 heterocycles. The summed E-state index contributed by atoms with van der Waals surface area (Å²) in [6, 6.07) is 7.24. The summed E-state index contributed by atoms with van der Waals surface area (Å²) in [5, 5.41) is 3.66. The molecule has 4 heteroatoms. The minimum absolute atomic E-state index is 0.347. The van der Waals surface area contributed by atoms with Crippen molar-refractivity contribution in [2.24, 2.45) is 0 Å². The zero-order valence-electron chi connectivity index (χ0n) is 13.4. The maximum atomic E-state index is 5.28. The number of methoxy groups -OCH3 is 1. The van der Waals surface area contributed by atoms with Crippen LogP contribution in [0.3, 0.4) is 0 Å². The standard InChI is InChI=1S/C17H27BrN2O/c1-13(20-9-5-4-6-10-20)12-19-14(2)15-7-8-17(21-3)16(18)11-15/h7-8,11,13-14,19H,4-6,9-10,12H2,1-3H3. The van der Waals surface area contributed by atoms with Crippen LogP contribution in [0.1, 0.15) is 44.7 Å². The van der Waals surface area contributed by atoms with Crippen LogP contribution in [0.2, 0.25) is 0 Å². The molecule has 2 rings (SSSR count). The predicted molar refractivity (Wildman–Crippen MR) is 92.0 cm³/mol. The van der Waals surface area contributed by atoms with E-state index >= 15 is 0 Å². The molecule has 2 atom stereocenters. The van der Waals surface area contributed by atoms with Crippen molar-refractivity contribution in [3.8, 4) is 5.75 Å². The number of piperidine rings is 1. The van der Waals surface area contributed by atoms with Gasteiger partial charge in [0.15, 0.2) is 0 Å². The van der Waals surface area contributed by atoms with Crippen molar-refractivity contribution in [1.29, 1.82) is 0 Å². The van der Waals surface area contributed by atoms with Crippen molar-refractivity contribution in [1.82, 2.24) is 10.2 Å².